The highest BCUT2D eigenvalue weighted by Gasteiger charge is 2.46. The first-order valence-electron chi connectivity index (χ1n) is 9.51. The van der Waals surface area contributed by atoms with Crippen LogP contribution in [0.5, 0.6) is 5.75 Å². The van der Waals surface area contributed by atoms with Crippen LogP contribution in [0.3, 0.4) is 0 Å². The molecule has 0 radical (unpaired) electrons. The molecule has 4 rings (SSSR count). The number of fused-ring (bicyclic) bond motifs is 1. The van der Waals surface area contributed by atoms with Gasteiger partial charge >= 0.3 is 6.18 Å². The van der Waals surface area contributed by atoms with E-state index in [1.165, 1.54) is 12.1 Å². The monoisotopic (exact) mass is 403 g/mol. The second-order valence-electron chi connectivity index (χ2n) is 7.64. The van der Waals surface area contributed by atoms with E-state index in [9.17, 15) is 22.8 Å². The molecule has 2 aliphatic rings. The van der Waals surface area contributed by atoms with Crippen LogP contribution in [-0.2, 0) is 17.4 Å². The lowest BCUT2D eigenvalue weighted by molar-refractivity contribution is -0.137. The quantitative estimate of drug-likeness (QED) is 0.769. The average molecular weight is 403 g/mol. The first-order chi connectivity index (χ1) is 13.8. The van der Waals surface area contributed by atoms with E-state index in [1.54, 1.807) is 23.1 Å². The molecule has 0 aliphatic carbocycles. The summed E-state index contributed by atoms with van der Waals surface area (Å²) in [5, 5.41) is 0. The van der Waals surface area contributed by atoms with E-state index >= 15 is 0 Å². The van der Waals surface area contributed by atoms with Crippen LogP contribution in [0.15, 0.2) is 48.5 Å². The highest BCUT2D eigenvalue weighted by atomic mass is 19.4. The molecule has 1 spiro atoms. The fraction of sp³-hybridized carbons (Fsp3) is 0.364. The number of hydrogen-bond donors (Lipinski definition) is 0. The summed E-state index contributed by atoms with van der Waals surface area (Å²) in [6.07, 6.45) is -2.98. The summed E-state index contributed by atoms with van der Waals surface area (Å²) < 4.78 is 44.0. The molecule has 1 saturated heterocycles. The molecule has 2 aliphatic heterocycles. The van der Waals surface area contributed by atoms with Gasteiger partial charge in [0.1, 0.15) is 11.4 Å². The van der Waals surface area contributed by atoms with E-state index in [2.05, 4.69) is 0 Å². The largest absolute Gasteiger partial charge is 0.484 e. The number of likely N-dealkylation sites (tertiary alicyclic amines) is 1. The summed E-state index contributed by atoms with van der Waals surface area (Å²) in [5.41, 5.74) is -0.132. The SMILES string of the molecule is O=C1CC2(CCN(C(=O)CCc3ccc(C(F)(F)F)cc3)C2)Oc2ccccc21. The van der Waals surface area contributed by atoms with E-state index in [-0.39, 0.29) is 24.5 Å². The fourth-order valence-electron chi connectivity index (χ4n) is 4.00. The Balaban J connectivity index is 1.36. The maximum Gasteiger partial charge on any atom is 0.416 e. The van der Waals surface area contributed by atoms with Gasteiger partial charge < -0.3 is 9.64 Å². The molecule has 29 heavy (non-hydrogen) atoms. The number of carbonyl (C=O) groups excluding carboxylic acids is 2. The molecule has 0 aromatic heterocycles. The second-order valence-corrected chi connectivity index (χ2v) is 7.64. The predicted molar refractivity (Wildman–Crippen MR) is 99.7 cm³/mol. The van der Waals surface area contributed by atoms with Gasteiger partial charge in [-0.3, -0.25) is 9.59 Å². The Morgan fingerprint density at radius 1 is 1.10 bits per heavy atom. The van der Waals surface area contributed by atoms with Crippen molar-refractivity contribution in [1.29, 1.82) is 0 Å². The lowest BCUT2D eigenvalue weighted by atomic mass is 9.89. The number of nitrogens with zero attached hydrogens (tertiary/aromatic N) is 1. The third kappa shape index (κ3) is 3.99. The standard InChI is InChI=1S/C22H20F3NO3/c23-22(24,25)16-8-5-15(6-9-16)7-10-20(28)26-12-11-21(14-26)13-18(27)17-3-1-2-4-19(17)29-21/h1-6,8-9H,7,10-14H2. The van der Waals surface area contributed by atoms with Crippen molar-refractivity contribution < 1.29 is 27.5 Å². The Labute approximate surface area is 166 Å². The number of aryl methyl sites for hydroxylation is 1. The van der Waals surface area contributed by atoms with E-state index in [0.29, 0.717) is 42.8 Å². The highest BCUT2D eigenvalue weighted by Crippen LogP contribution is 2.38. The van der Waals surface area contributed by atoms with Gasteiger partial charge in [0.05, 0.1) is 24.1 Å². The number of benzene rings is 2. The van der Waals surface area contributed by atoms with Crippen molar-refractivity contribution in [1.82, 2.24) is 4.90 Å². The third-order valence-electron chi connectivity index (χ3n) is 5.57. The van der Waals surface area contributed by atoms with Crippen LogP contribution in [0.2, 0.25) is 0 Å². The molecule has 1 atom stereocenters. The van der Waals surface area contributed by atoms with Gasteiger partial charge in [-0.15, -0.1) is 0 Å². The summed E-state index contributed by atoms with van der Waals surface area (Å²) in [6, 6.07) is 12.0. The molecular formula is C22H20F3NO3. The summed E-state index contributed by atoms with van der Waals surface area (Å²) >= 11 is 0. The molecule has 2 heterocycles. The van der Waals surface area contributed by atoms with Crippen molar-refractivity contribution in [3.05, 3.63) is 65.2 Å². The number of amides is 1. The van der Waals surface area contributed by atoms with Gasteiger partial charge in [0.25, 0.3) is 0 Å². The Hall–Kier alpha value is -2.83. The zero-order valence-electron chi connectivity index (χ0n) is 15.7. The number of halogens is 3. The van der Waals surface area contributed by atoms with Crippen molar-refractivity contribution in [2.24, 2.45) is 0 Å². The van der Waals surface area contributed by atoms with Crippen LogP contribution in [0.4, 0.5) is 13.2 Å². The molecule has 1 unspecified atom stereocenters. The van der Waals surface area contributed by atoms with Gasteiger partial charge in [-0.25, -0.2) is 0 Å². The maximum atomic E-state index is 12.6. The normalized spacial score (nSPS) is 21.2. The summed E-state index contributed by atoms with van der Waals surface area (Å²) in [4.78, 5) is 26.8. The van der Waals surface area contributed by atoms with Crippen LogP contribution >= 0.6 is 0 Å². The number of carbonyl (C=O) groups is 2. The van der Waals surface area contributed by atoms with Crippen LogP contribution in [0, 0.1) is 0 Å². The van der Waals surface area contributed by atoms with Crippen molar-refractivity contribution in [3.63, 3.8) is 0 Å². The van der Waals surface area contributed by atoms with Crippen molar-refractivity contribution in [2.75, 3.05) is 13.1 Å². The molecule has 1 amide bonds. The van der Waals surface area contributed by atoms with E-state index in [4.69, 9.17) is 4.74 Å². The van der Waals surface area contributed by atoms with Gasteiger partial charge in [0.2, 0.25) is 5.91 Å². The number of para-hydroxylation sites is 1. The Kier molecular flexibility index (Phi) is 4.84. The number of hydrogen-bond acceptors (Lipinski definition) is 3. The van der Waals surface area contributed by atoms with Crippen molar-refractivity contribution >= 4 is 11.7 Å². The minimum Gasteiger partial charge on any atom is -0.484 e. The zero-order chi connectivity index (χ0) is 20.6. The van der Waals surface area contributed by atoms with Gasteiger partial charge in [0, 0.05) is 19.4 Å². The highest BCUT2D eigenvalue weighted by molar-refractivity contribution is 6.00. The molecule has 152 valence electrons. The average Bonchev–Trinajstić information content (AvgIpc) is 3.09. The van der Waals surface area contributed by atoms with E-state index in [0.717, 1.165) is 12.1 Å². The van der Waals surface area contributed by atoms with Gasteiger partial charge in [0.15, 0.2) is 5.78 Å². The van der Waals surface area contributed by atoms with E-state index < -0.39 is 17.3 Å². The minimum absolute atomic E-state index is 0.0194. The zero-order valence-corrected chi connectivity index (χ0v) is 15.7. The molecule has 0 N–H and O–H groups in total. The first-order valence-corrected chi connectivity index (χ1v) is 9.51. The number of alkyl halides is 3. The van der Waals surface area contributed by atoms with Crippen LogP contribution in [0.1, 0.15) is 40.7 Å². The molecule has 7 heteroatoms. The molecule has 2 aromatic rings. The molecule has 0 saturated carbocycles. The molecule has 1 fully saturated rings. The summed E-state index contributed by atoms with van der Waals surface area (Å²) in [5.74, 6) is 0.491. The Bertz CT molecular complexity index is 939. The molecular weight excluding hydrogens is 383 g/mol. The van der Waals surface area contributed by atoms with Gasteiger partial charge in [-0.1, -0.05) is 24.3 Å². The van der Waals surface area contributed by atoms with Crippen molar-refractivity contribution in [3.8, 4) is 5.75 Å². The first kappa shape index (κ1) is 19.5. The second kappa shape index (κ2) is 7.21. The van der Waals surface area contributed by atoms with Crippen molar-refractivity contribution in [2.45, 2.75) is 37.5 Å². The number of Topliss-reactive ketones (excluding diaryl/α,β-unsaturated/α-hetero) is 1. The van der Waals surface area contributed by atoms with Gasteiger partial charge in [-0.05, 0) is 36.2 Å². The van der Waals surface area contributed by atoms with Gasteiger partial charge in [-0.2, -0.15) is 13.2 Å². The lowest BCUT2D eigenvalue weighted by Crippen LogP contribution is -2.45. The smallest absolute Gasteiger partial charge is 0.416 e. The predicted octanol–water partition coefficient (Wildman–Crippen LogP) is 4.27. The Morgan fingerprint density at radius 2 is 1.83 bits per heavy atom. The lowest BCUT2D eigenvalue weighted by Gasteiger charge is -2.34. The van der Waals surface area contributed by atoms with Crippen LogP contribution in [0.25, 0.3) is 0 Å². The molecule has 2 aromatic carbocycles. The number of ether oxygens (including phenoxy) is 1. The summed E-state index contributed by atoms with van der Waals surface area (Å²) in [7, 11) is 0. The number of rotatable bonds is 3. The van der Waals surface area contributed by atoms with E-state index in [1.807, 2.05) is 6.07 Å². The molecule has 4 nitrogen and oxygen atoms in total. The number of ketones is 1. The third-order valence-corrected chi connectivity index (χ3v) is 5.57. The minimum atomic E-state index is -4.37. The summed E-state index contributed by atoms with van der Waals surface area (Å²) in [6.45, 7) is 0.847. The topological polar surface area (TPSA) is 46.6 Å². The maximum absolute atomic E-state index is 12.6. The molecule has 0 bridgehead atoms. The van der Waals surface area contributed by atoms with Crippen LogP contribution in [-0.4, -0.2) is 35.3 Å². The fourth-order valence-corrected chi connectivity index (χ4v) is 4.00. The van der Waals surface area contributed by atoms with Crippen LogP contribution < -0.4 is 4.74 Å². The Morgan fingerprint density at radius 3 is 2.55 bits per heavy atom.